The first kappa shape index (κ1) is 20.5. The molecule has 0 fully saturated rings. The standard InChI is InChI=1S/C18H19ClN4O3S2/c1-13(14-3-5-15(6-4-14)23-10-9-20-12-23)21-17(24)11-22(2)28(25,26)18-8-7-16(19)27-18/h3-10,12-13H,11H2,1-2H3,(H,21,24)/t13-/m0/s1. The number of nitrogens with one attached hydrogen (secondary N) is 1. The van der Waals surface area contributed by atoms with Crippen molar-refractivity contribution < 1.29 is 13.2 Å². The fraction of sp³-hybridized carbons (Fsp3) is 0.222. The van der Waals surface area contributed by atoms with Crippen molar-refractivity contribution in [2.45, 2.75) is 17.2 Å². The monoisotopic (exact) mass is 438 g/mol. The minimum Gasteiger partial charge on any atom is -0.348 e. The Morgan fingerprint density at radius 2 is 2.00 bits per heavy atom. The third kappa shape index (κ3) is 4.61. The first-order chi connectivity index (χ1) is 13.3. The van der Waals surface area contributed by atoms with Gasteiger partial charge in [0.05, 0.1) is 23.3 Å². The Kier molecular flexibility index (Phi) is 6.19. The molecule has 2 heterocycles. The van der Waals surface area contributed by atoms with Crippen LogP contribution in [0.2, 0.25) is 4.34 Å². The number of imidazole rings is 1. The molecule has 28 heavy (non-hydrogen) atoms. The van der Waals surface area contributed by atoms with Gasteiger partial charge in [-0.15, -0.1) is 11.3 Å². The van der Waals surface area contributed by atoms with Crippen molar-refractivity contribution in [1.82, 2.24) is 19.2 Å². The van der Waals surface area contributed by atoms with Crippen LogP contribution in [0.4, 0.5) is 0 Å². The Labute approximate surface area is 172 Å². The number of nitrogens with zero attached hydrogens (tertiary/aromatic N) is 3. The van der Waals surface area contributed by atoms with Crippen molar-refractivity contribution in [3.8, 4) is 5.69 Å². The molecule has 10 heteroatoms. The van der Waals surface area contributed by atoms with E-state index in [1.165, 1.54) is 19.2 Å². The predicted molar refractivity (Wildman–Crippen MR) is 109 cm³/mol. The number of aromatic nitrogens is 2. The Hall–Kier alpha value is -2.20. The minimum atomic E-state index is -3.75. The topological polar surface area (TPSA) is 84.3 Å². The van der Waals surface area contributed by atoms with E-state index < -0.39 is 10.0 Å². The van der Waals surface area contributed by atoms with Gasteiger partial charge in [0.15, 0.2) is 0 Å². The van der Waals surface area contributed by atoms with Crippen LogP contribution >= 0.6 is 22.9 Å². The van der Waals surface area contributed by atoms with Crippen molar-refractivity contribution in [1.29, 1.82) is 0 Å². The van der Waals surface area contributed by atoms with Gasteiger partial charge in [0.25, 0.3) is 10.0 Å². The van der Waals surface area contributed by atoms with Gasteiger partial charge < -0.3 is 9.88 Å². The number of sulfonamides is 1. The summed E-state index contributed by atoms with van der Waals surface area (Å²) in [7, 11) is -2.38. The van der Waals surface area contributed by atoms with E-state index in [0.29, 0.717) is 4.34 Å². The number of likely N-dealkylation sites (N-methyl/N-ethyl adjacent to an activating group) is 1. The molecular weight excluding hydrogens is 420 g/mol. The molecule has 0 unspecified atom stereocenters. The largest absolute Gasteiger partial charge is 0.348 e. The minimum absolute atomic E-state index is 0.107. The quantitative estimate of drug-likeness (QED) is 0.614. The number of amides is 1. The zero-order chi connectivity index (χ0) is 20.3. The highest BCUT2D eigenvalue weighted by atomic mass is 35.5. The summed E-state index contributed by atoms with van der Waals surface area (Å²) in [6.07, 6.45) is 5.25. The smallest absolute Gasteiger partial charge is 0.252 e. The van der Waals surface area contributed by atoms with Gasteiger partial charge in [-0.3, -0.25) is 4.79 Å². The molecule has 0 saturated heterocycles. The summed E-state index contributed by atoms with van der Waals surface area (Å²) < 4.78 is 28.3. The second-order valence-electron chi connectivity index (χ2n) is 6.17. The van der Waals surface area contributed by atoms with Crippen LogP contribution in [0, 0.1) is 0 Å². The van der Waals surface area contributed by atoms with Crippen LogP contribution in [0.3, 0.4) is 0 Å². The van der Waals surface area contributed by atoms with Crippen LogP contribution in [0.15, 0.2) is 59.3 Å². The van der Waals surface area contributed by atoms with Crippen molar-refractivity contribution in [2.75, 3.05) is 13.6 Å². The van der Waals surface area contributed by atoms with E-state index >= 15 is 0 Å². The van der Waals surface area contributed by atoms with Crippen molar-refractivity contribution in [2.24, 2.45) is 0 Å². The van der Waals surface area contributed by atoms with Crippen LogP contribution in [0.5, 0.6) is 0 Å². The second-order valence-corrected chi connectivity index (χ2v) is 10.2. The molecule has 148 valence electrons. The maximum Gasteiger partial charge on any atom is 0.252 e. The van der Waals surface area contributed by atoms with Gasteiger partial charge in [0.1, 0.15) is 4.21 Å². The molecular formula is C18H19ClN4O3S2. The van der Waals surface area contributed by atoms with E-state index in [0.717, 1.165) is 26.9 Å². The maximum absolute atomic E-state index is 12.5. The Bertz CT molecular complexity index is 1050. The zero-order valence-corrected chi connectivity index (χ0v) is 17.6. The lowest BCUT2D eigenvalue weighted by Crippen LogP contribution is -2.39. The third-order valence-electron chi connectivity index (χ3n) is 4.15. The maximum atomic E-state index is 12.5. The zero-order valence-electron chi connectivity index (χ0n) is 15.2. The summed E-state index contributed by atoms with van der Waals surface area (Å²) in [5.74, 6) is -0.389. The molecule has 0 aliphatic rings. The second kappa shape index (κ2) is 8.44. The Morgan fingerprint density at radius 3 is 2.57 bits per heavy atom. The van der Waals surface area contributed by atoms with Gasteiger partial charge in [-0.25, -0.2) is 13.4 Å². The van der Waals surface area contributed by atoms with E-state index in [2.05, 4.69) is 10.3 Å². The number of hydrogen-bond donors (Lipinski definition) is 1. The summed E-state index contributed by atoms with van der Waals surface area (Å²) >= 11 is 6.77. The summed E-state index contributed by atoms with van der Waals surface area (Å²) in [5.41, 5.74) is 1.87. The first-order valence-corrected chi connectivity index (χ1v) is 11.0. The summed E-state index contributed by atoms with van der Waals surface area (Å²) in [5, 5.41) is 2.82. The fourth-order valence-corrected chi connectivity index (χ4v) is 5.42. The molecule has 2 aromatic heterocycles. The van der Waals surface area contributed by atoms with Crippen molar-refractivity contribution in [3.05, 3.63) is 65.0 Å². The van der Waals surface area contributed by atoms with Gasteiger partial charge in [0.2, 0.25) is 5.91 Å². The highest BCUT2D eigenvalue weighted by molar-refractivity contribution is 7.91. The molecule has 3 aromatic rings. The van der Waals surface area contributed by atoms with E-state index in [4.69, 9.17) is 11.6 Å². The molecule has 1 aromatic carbocycles. The average molecular weight is 439 g/mol. The number of carbonyl (C=O) groups excluding carboxylic acids is 1. The number of benzene rings is 1. The van der Waals surface area contributed by atoms with Crippen LogP contribution < -0.4 is 5.32 Å². The lowest BCUT2D eigenvalue weighted by atomic mass is 10.1. The predicted octanol–water partition coefficient (Wildman–Crippen LogP) is 3.09. The van der Waals surface area contributed by atoms with Gasteiger partial charge in [-0.1, -0.05) is 23.7 Å². The molecule has 1 N–H and O–H groups in total. The molecule has 0 spiro atoms. The highest BCUT2D eigenvalue weighted by Crippen LogP contribution is 2.27. The molecule has 3 rings (SSSR count). The van der Waals surface area contributed by atoms with Gasteiger partial charge >= 0.3 is 0 Å². The van der Waals surface area contributed by atoms with E-state index in [-0.39, 0.29) is 22.7 Å². The van der Waals surface area contributed by atoms with Crippen LogP contribution in [0.25, 0.3) is 5.69 Å². The van der Waals surface area contributed by atoms with E-state index in [1.807, 2.05) is 42.0 Å². The van der Waals surface area contributed by atoms with E-state index in [9.17, 15) is 13.2 Å². The molecule has 1 amide bonds. The fourth-order valence-electron chi connectivity index (χ4n) is 2.59. The molecule has 0 saturated carbocycles. The third-order valence-corrected chi connectivity index (χ3v) is 7.65. The Balaban J connectivity index is 1.61. The number of hydrogen-bond acceptors (Lipinski definition) is 5. The number of thiophene rings is 1. The number of halogens is 1. The normalized spacial score (nSPS) is 12.9. The average Bonchev–Trinajstić information content (AvgIpc) is 3.33. The lowest BCUT2D eigenvalue weighted by molar-refractivity contribution is -0.121. The van der Waals surface area contributed by atoms with Crippen LogP contribution in [0.1, 0.15) is 18.5 Å². The summed E-state index contributed by atoms with van der Waals surface area (Å²) in [6, 6.07) is 10.4. The SMILES string of the molecule is C[C@H](NC(=O)CN(C)S(=O)(=O)c1ccc(Cl)s1)c1ccc(-n2ccnc2)cc1. The summed E-state index contributed by atoms with van der Waals surface area (Å²) in [6.45, 7) is 1.56. The number of rotatable bonds is 7. The van der Waals surface area contributed by atoms with Gasteiger partial charge in [-0.2, -0.15) is 4.31 Å². The van der Waals surface area contributed by atoms with E-state index in [1.54, 1.807) is 12.5 Å². The van der Waals surface area contributed by atoms with Gasteiger partial charge in [-0.05, 0) is 36.8 Å². The van der Waals surface area contributed by atoms with Crippen molar-refractivity contribution in [3.63, 3.8) is 0 Å². The van der Waals surface area contributed by atoms with Crippen LogP contribution in [-0.4, -0.2) is 41.8 Å². The molecule has 0 aliphatic carbocycles. The highest BCUT2D eigenvalue weighted by Gasteiger charge is 2.25. The van der Waals surface area contributed by atoms with Crippen molar-refractivity contribution >= 4 is 38.9 Å². The van der Waals surface area contributed by atoms with Crippen LogP contribution in [-0.2, 0) is 14.8 Å². The lowest BCUT2D eigenvalue weighted by Gasteiger charge is -2.19. The number of carbonyl (C=O) groups is 1. The molecule has 0 radical (unpaired) electrons. The molecule has 7 nitrogen and oxygen atoms in total. The Morgan fingerprint density at radius 1 is 1.29 bits per heavy atom. The summed E-state index contributed by atoms with van der Waals surface area (Å²) in [4.78, 5) is 16.3. The molecule has 1 atom stereocenters. The first-order valence-electron chi connectivity index (χ1n) is 8.36. The van der Waals surface area contributed by atoms with Gasteiger partial charge in [0, 0.05) is 25.1 Å². The molecule has 0 bridgehead atoms. The molecule has 0 aliphatic heterocycles.